The molecule has 0 bridgehead atoms. The van der Waals surface area contributed by atoms with Crippen molar-refractivity contribution in [3.63, 3.8) is 0 Å². The molecule has 1 N–H and O–H groups in total. The minimum Gasteiger partial charge on any atom is -0.480 e. The third kappa shape index (κ3) is 2.89. The van der Waals surface area contributed by atoms with E-state index in [0.29, 0.717) is 11.6 Å². The average Bonchev–Trinajstić information content (AvgIpc) is 2.96. The van der Waals surface area contributed by atoms with Gasteiger partial charge in [0.05, 0.1) is 5.88 Å². The third-order valence-corrected chi connectivity index (χ3v) is 4.23. The van der Waals surface area contributed by atoms with Crippen molar-refractivity contribution in [3.05, 3.63) is 28.5 Å². The Morgan fingerprint density at radius 3 is 3.00 bits per heavy atom. The number of carbonyl (C=O) groups excluding carboxylic acids is 1. The molecule has 1 amide bonds. The van der Waals surface area contributed by atoms with E-state index in [4.69, 9.17) is 5.11 Å². The fourth-order valence-corrected chi connectivity index (χ4v) is 3.27. The number of rotatable bonds is 3. The van der Waals surface area contributed by atoms with Crippen LogP contribution in [0.15, 0.2) is 23.6 Å². The first-order valence-electron chi connectivity index (χ1n) is 5.01. The third-order valence-electron chi connectivity index (χ3n) is 2.38. The normalized spacial score (nSPS) is 20.0. The summed E-state index contributed by atoms with van der Waals surface area (Å²) >= 11 is 3.00. The highest BCUT2D eigenvalue weighted by Gasteiger charge is 2.33. The van der Waals surface area contributed by atoms with Crippen molar-refractivity contribution < 1.29 is 14.7 Å². The van der Waals surface area contributed by atoms with Crippen LogP contribution in [0.5, 0.6) is 0 Å². The Morgan fingerprint density at radius 1 is 1.53 bits per heavy atom. The van der Waals surface area contributed by atoms with Crippen molar-refractivity contribution in [2.75, 3.05) is 11.6 Å². The number of nitrogens with zero attached hydrogens (tertiary/aromatic N) is 1. The molecule has 2 heterocycles. The number of hydrogen-bond donors (Lipinski definition) is 1. The molecule has 1 aliphatic rings. The van der Waals surface area contributed by atoms with Gasteiger partial charge in [0, 0.05) is 16.7 Å². The van der Waals surface area contributed by atoms with Crippen LogP contribution in [0, 0.1) is 0 Å². The molecule has 2 rings (SSSR count). The van der Waals surface area contributed by atoms with E-state index in [1.807, 2.05) is 17.5 Å². The second-order valence-electron chi connectivity index (χ2n) is 3.51. The predicted molar refractivity (Wildman–Crippen MR) is 68.9 cm³/mol. The average molecular weight is 269 g/mol. The van der Waals surface area contributed by atoms with Crippen molar-refractivity contribution in [1.82, 2.24) is 4.90 Å². The lowest BCUT2D eigenvalue weighted by Gasteiger charge is -2.18. The number of hydrogen-bond acceptors (Lipinski definition) is 4. The second-order valence-corrected chi connectivity index (χ2v) is 5.49. The van der Waals surface area contributed by atoms with E-state index in [1.54, 1.807) is 6.08 Å². The van der Waals surface area contributed by atoms with Crippen LogP contribution in [0.3, 0.4) is 0 Å². The number of amides is 1. The molecule has 1 saturated heterocycles. The molecule has 0 radical (unpaired) electrons. The van der Waals surface area contributed by atoms with Crippen LogP contribution in [0.4, 0.5) is 0 Å². The van der Waals surface area contributed by atoms with Crippen molar-refractivity contribution in [2.24, 2.45) is 0 Å². The summed E-state index contributed by atoms with van der Waals surface area (Å²) in [4.78, 5) is 25.1. The lowest BCUT2D eigenvalue weighted by Crippen LogP contribution is -2.40. The molecule has 1 fully saturated rings. The second kappa shape index (κ2) is 5.37. The molecule has 1 aliphatic heterocycles. The SMILES string of the molecule is O=C(O)[C@@H]1CSCN1C(=O)/C=C/c1cccs1. The van der Waals surface area contributed by atoms with Crippen molar-refractivity contribution in [2.45, 2.75) is 6.04 Å². The molecule has 0 aromatic carbocycles. The fourth-order valence-electron chi connectivity index (χ4n) is 1.50. The first-order valence-corrected chi connectivity index (χ1v) is 7.04. The quantitative estimate of drug-likeness (QED) is 0.849. The summed E-state index contributed by atoms with van der Waals surface area (Å²) in [6.07, 6.45) is 3.16. The number of carbonyl (C=O) groups is 2. The van der Waals surface area contributed by atoms with E-state index >= 15 is 0 Å². The lowest BCUT2D eigenvalue weighted by atomic mass is 10.3. The summed E-state index contributed by atoms with van der Waals surface area (Å²) in [7, 11) is 0. The Bertz CT molecular complexity index is 442. The number of aliphatic carboxylic acids is 1. The largest absolute Gasteiger partial charge is 0.480 e. The lowest BCUT2D eigenvalue weighted by molar-refractivity contribution is -0.146. The fraction of sp³-hybridized carbons (Fsp3) is 0.273. The maximum atomic E-state index is 11.8. The molecule has 4 nitrogen and oxygen atoms in total. The van der Waals surface area contributed by atoms with Gasteiger partial charge in [-0.3, -0.25) is 4.79 Å². The number of carboxylic acid groups (broad SMARTS) is 1. The summed E-state index contributed by atoms with van der Waals surface area (Å²) in [6, 6.07) is 3.11. The van der Waals surface area contributed by atoms with E-state index in [1.165, 1.54) is 34.1 Å². The Morgan fingerprint density at radius 2 is 2.35 bits per heavy atom. The van der Waals surface area contributed by atoms with E-state index < -0.39 is 12.0 Å². The van der Waals surface area contributed by atoms with Gasteiger partial charge in [-0.25, -0.2) is 4.79 Å². The molecule has 90 valence electrons. The number of thiophene rings is 1. The smallest absolute Gasteiger partial charge is 0.327 e. The topological polar surface area (TPSA) is 57.6 Å². The van der Waals surface area contributed by atoms with Crippen molar-refractivity contribution >= 4 is 41.1 Å². The monoisotopic (exact) mass is 269 g/mol. The molecule has 17 heavy (non-hydrogen) atoms. The molecule has 0 aliphatic carbocycles. The molecule has 6 heteroatoms. The first-order chi connectivity index (χ1) is 8.18. The maximum Gasteiger partial charge on any atom is 0.327 e. The van der Waals surface area contributed by atoms with Gasteiger partial charge in [-0.1, -0.05) is 6.07 Å². The minimum absolute atomic E-state index is 0.240. The summed E-state index contributed by atoms with van der Waals surface area (Å²) in [5, 5.41) is 10.9. The highest BCUT2D eigenvalue weighted by molar-refractivity contribution is 7.99. The van der Waals surface area contributed by atoms with Crippen LogP contribution < -0.4 is 0 Å². The predicted octanol–water partition coefficient (Wildman–Crippen LogP) is 1.75. The van der Waals surface area contributed by atoms with Crippen LogP contribution in [0.25, 0.3) is 6.08 Å². The summed E-state index contributed by atoms with van der Waals surface area (Å²) in [6.45, 7) is 0. The number of thioether (sulfide) groups is 1. The van der Waals surface area contributed by atoms with E-state index in [0.717, 1.165) is 4.88 Å². The molecule has 1 aromatic heterocycles. The van der Waals surface area contributed by atoms with Gasteiger partial charge in [0.25, 0.3) is 0 Å². The summed E-state index contributed by atoms with van der Waals surface area (Å²) in [5.74, 6) is -0.262. The minimum atomic E-state index is -0.937. The molecule has 0 unspecified atom stereocenters. The van der Waals surface area contributed by atoms with Crippen molar-refractivity contribution in [3.8, 4) is 0 Å². The Hall–Kier alpha value is -1.27. The summed E-state index contributed by atoms with van der Waals surface area (Å²) < 4.78 is 0. The first kappa shape index (κ1) is 12.2. The number of carboxylic acids is 1. The van der Waals surface area contributed by atoms with Crippen LogP contribution in [-0.4, -0.2) is 39.6 Å². The van der Waals surface area contributed by atoms with Gasteiger partial charge in [0.1, 0.15) is 6.04 Å². The zero-order valence-corrected chi connectivity index (χ0v) is 10.5. The van der Waals surface area contributed by atoms with Gasteiger partial charge in [0.15, 0.2) is 0 Å². The van der Waals surface area contributed by atoms with E-state index in [-0.39, 0.29) is 5.91 Å². The van der Waals surface area contributed by atoms with Crippen LogP contribution in [0.1, 0.15) is 4.88 Å². The van der Waals surface area contributed by atoms with E-state index in [9.17, 15) is 9.59 Å². The van der Waals surface area contributed by atoms with Gasteiger partial charge in [0.2, 0.25) is 5.91 Å². The standard InChI is InChI=1S/C11H11NO3S2/c13-10(4-3-8-2-1-5-17-8)12-7-16-6-9(12)11(14)15/h1-5,9H,6-7H2,(H,14,15)/b4-3+/t9-/m0/s1. The molecular formula is C11H11NO3S2. The van der Waals surface area contributed by atoms with Gasteiger partial charge in [-0.05, 0) is 17.5 Å². The van der Waals surface area contributed by atoms with Gasteiger partial charge in [-0.15, -0.1) is 23.1 Å². The van der Waals surface area contributed by atoms with Crippen molar-refractivity contribution in [1.29, 1.82) is 0 Å². The zero-order valence-electron chi connectivity index (χ0n) is 8.91. The van der Waals surface area contributed by atoms with Gasteiger partial charge in [-0.2, -0.15) is 0 Å². The highest BCUT2D eigenvalue weighted by Crippen LogP contribution is 2.21. The molecule has 1 atom stereocenters. The molecule has 0 saturated carbocycles. The van der Waals surface area contributed by atoms with Crippen LogP contribution in [-0.2, 0) is 9.59 Å². The Labute approximate surface area is 107 Å². The molecular weight excluding hydrogens is 258 g/mol. The Kier molecular flexibility index (Phi) is 3.86. The molecule has 0 spiro atoms. The van der Waals surface area contributed by atoms with Crippen LogP contribution >= 0.6 is 23.1 Å². The Balaban J connectivity index is 2.02. The summed E-state index contributed by atoms with van der Waals surface area (Å²) in [5.41, 5.74) is 0. The zero-order chi connectivity index (χ0) is 12.3. The van der Waals surface area contributed by atoms with E-state index in [2.05, 4.69) is 0 Å². The maximum absolute atomic E-state index is 11.8. The van der Waals surface area contributed by atoms with Gasteiger partial charge < -0.3 is 10.0 Å². The van der Waals surface area contributed by atoms with Gasteiger partial charge >= 0.3 is 5.97 Å². The highest BCUT2D eigenvalue weighted by atomic mass is 32.2. The molecule has 1 aromatic rings. The van der Waals surface area contributed by atoms with Crippen LogP contribution in [0.2, 0.25) is 0 Å².